The molecule has 3 N–H and O–H groups in total. The van der Waals surface area contributed by atoms with Crippen LogP contribution in [0.2, 0.25) is 5.28 Å². The van der Waals surface area contributed by atoms with Crippen LogP contribution in [-0.4, -0.2) is 30.7 Å². The zero-order valence-corrected chi connectivity index (χ0v) is 11.9. The van der Waals surface area contributed by atoms with E-state index in [0.29, 0.717) is 5.82 Å². The number of aromatic nitrogens is 2. The first-order valence-electron chi connectivity index (χ1n) is 5.03. The van der Waals surface area contributed by atoms with Gasteiger partial charge in [0.2, 0.25) is 15.3 Å². The first-order valence-corrected chi connectivity index (χ1v) is 7.94. The van der Waals surface area contributed by atoms with Crippen LogP contribution in [0.3, 0.4) is 0 Å². The van der Waals surface area contributed by atoms with Crippen molar-refractivity contribution in [2.75, 3.05) is 17.6 Å². The average Bonchev–Trinajstić information content (AvgIpc) is 2.56. The Balaban J connectivity index is 2.26. The van der Waals surface area contributed by atoms with E-state index in [9.17, 15) is 8.42 Å². The molecule has 2 heterocycles. The molecule has 0 aliphatic carbocycles. The van der Waals surface area contributed by atoms with E-state index in [1.165, 1.54) is 11.3 Å². The topological polar surface area (TPSA) is 98.0 Å². The lowest BCUT2D eigenvalue weighted by atomic mass is 10.3. The normalized spacial score (nSPS) is 11.9. The van der Waals surface area contributed by atoms with Crippen molar-refractivity contribution in [1.29, 1.82) is 0 Å². The van der Waals surface area contributed by atoms with Crippen LogP contribution in [0.1, 0.15) is 4.88 Å². The number of halogens is 1. The van der Waals surface area contributed by atoms with Gasteiger partial charge in [-0.3, -0.25) is 0 Å². The van der Waals surface area contributed by atoms with E-state index in [4.69, 9.17) is 16.7 Å². The van der Waals surface area contributed by atoms with Gasteiger partial charge >= 0.3 is 0 Å². The Morgan fingerprint density at radius 2 is 2.22 bits per heavy atom. The molecule has 2 aromatic rings. The lowest BCUT2D eigenvalue weighted by Gasteiger charge is -2.05. The predicted molar refractivity (Wildman–Crippen MR) is 73.6 cm³/mol. The summed E-state index contributed by atoms with van der Waals surface area (Å²) in [7, 11) is -3.49. The van der Waals surface area contributed by atoms with E-state index in [2.05, 4.69) is 15.3 Å². The number of aryl methyl sites for hydroxylation is 1. The van der Waals surface area contributed by atoms with E-state index in [1.807, 2.05) is 13.0 Å². The number of hydrogen-bond acceptors (Lipinski definition) is 6. The molecule has 2 aromatic heterocycles. The molecule has 0 radical (unpaired) electrons. The molecule has 0 bridgehead atoms. The van der Waals surface area contributed by atoms with E-state index < -0.39 is 10.0 Å². The largest absolute Gasteiger partial charge is 0.368 e. The number of anilines is 1. The first-order chi connectivity index (χ1) is 8.35. The second kappa shape index (κ2) is 4.96. The number of fused-ring (bicyclic) bond motifs is 1. The molecule has 0 unspecified atom stereocenters. The minimum atomic E-state index is -3.49. The van der Waals surface area contributed by atoms with Gasteiger partial charge in [-0.15, -0.1) is 11.3 Å². The van der Waals surface area contributed by atoms with Crippen molar-refractivity contribution < 1.29 is 8.42 Å². The molecule has 0 spiro atoms. The molecule has 6 nitrogen and oxygen atoms in total. The van der Waals surface area contributed by atoms with Gasteiger partial charge in [-0.1, -0.05) is 0 Å². The van der Waals surface area contributed by atoms with Gasteiger partial charge in [-0.25, -0.2) is 23.5 Å². The summed E-state index contributed by atoms with van der Waals surface area (Å²) in [6, 6.07) is 1.93. The molecule has 18 heavy (non-hydrogen) atoms. The zero-order valence-electron chi connectivity index (χ0n) is 9.47. The molecular weight excluding hydrogens is 296 g/mol. The highest BCUT2D eigenvalue weighted by molar-refractivity contribution is 7.89. The number of rotatable bonds is 4. The highest BCUT2D eigenvalue weighted by Crippen LogP contribution is 2.29. The van der Waals surface area contributed by atoms with Crippen LogP contribution >= 0.6 is 22.9 Å². The van der Waals surface area contributed by atoms with Crippen LogP contribution in [0.5, 0.6) is 0 Å². The summed E-state index contributed by atoms with van der Waals surface area (Å²) in [5.41, 5.74) is 0. The molecule has 0 fully saturated rings. The van der Waals surface area contributed by atoms with Crippen molar-refractivity contribution in [3.8, 4) is 0 Å². The first kappa shape index (κ1) is 13.5. The Morgan fingerprint density at radius 1 is 1.50 bits per heavy atom. The third-order valence-corrected chi connectivity index (χ3v) is 4.05. The standard InChI is InChI=1S/C9H11ClN4O2S2/c1-5-4-6-7(12-2-3-18(11,15)16)13-9(10)14-8(6)17-5/h4H,2-3H2,1H3,(H2,11,15,16)(H,12,13,14). The Hall–Kier alpha value is -0.960. The maximum absolute atomic E-state index is 10.8. The van der Waals surface area contributed by atoms with E-state index in [-0.39, 0.29) is 17.6 Å². The summed E-state index contributed by atoms with van der Waals surface area (Å²) in [6.45, 7) is 2.13. The van der Waals surface area contributed by atoms with Crippen molar-refractivity contribution in [3.05, 3.63) is 16.2 Å². The van der Waals surface area contributed by atoms with Crippen LogP contribution in [0, 0.1) is 6.92 Å². The van der Waals surface area contributed by atoms with Crippen molar-refractivity contribution in [1.82, 2.24) is 9.97 Å². The Labute approximate surface area is 113 Å². The average molecular weight is 307 g/mol. The van der Waals surface area contributed by atoms with Gasteiger partial charge in [-0.2, -0.15) is 0 Å². The molecule has 0 aromatic carbocycles. The van der Waals surface area contributed by atoms with Gasteiger partial charge in [0.05, 0.1) is 11.1 Å². The summed E-state index contributed by atoms with van der Waals surface area (Å²) in [5, 5.41) is 8.79. The van der Waals surface area contributed by atoms with Crippen LogP contribution in [-0.2, 0) is 10.0 Å². The number of nitrogens with one attached hydrogen (secondary N) is 1. The summed E-state index contributed by atoms with van der Waals surface area (Å²) in [4.78, 5) is 10.0. The van der Waals surface area contributed by atoms with Gasteiger partial charge in [0.15, 0.2) is 0 Å². The Kier molecular flexibility index (Phi) is 3.71. The van der Waals surface area contributed by atoms with Gasteiger partial charge in [-0.05, 0) is 24.6 Å². The third-order valence-electron chi connectivity index (χ3n) is 2.17. The maximum Gasteiger partial charge on any atom is 0.225 e. The number of sulfonamides is 1. The molecule has 0 aliphatic rings. The second-order valence-corrected chi connectivity index (χ2v) is 7.02. The third kappa shape index (κ3) is 3.29. The van der Waals surface area contributed by atoms with Gasteiger partial charge in [0.25, 0.3) is 0 Å². The monoisotopic (exact) mass is 306 g/mol. The molecule has 0 aliphatic heterocycles. The fourth-order valence-corrected chi connectivity index (χ4v) is 2.95. The highest BCUT2D eigenvalue weighted by atomic mass is 35.5. The number of primary sulfonamides is 1. The molecule has 0 saturated heterocycles. The maximum atomic E-state index is 10.8. The zero-order chi connectivity index (χ0) is 13.3. The molecule has 0 amide bonds. The van der Waals surface area contributed by atoms with Crippen LogP contribution in [0.15, 0.2) is 6.07 Å². The fourth-order valence-electron chi connectivity index (χ4n) is 1.46. The molecular formula is C9H11ClN4O2S2. The minimum absolute atomic E-state index is 0.127. The van der Waals surface area contributed by atoms with Crippen molar-refractivity contribution >= 4 is 49.0 Å². The Bertz CT molecular complexity index is 683. The van der Waals surface area contributed by atoms with Crippen molar-refractivity contribution in [3.63, 3.8) is 0 Å². The number of nitrogens with two attached hydrogens (primary N) is 1. The SMILES string of the molecule is Cc1cc2c(NCCS(N)(=O)=O)nc(Cl)nc2s1. The lowest BCUT2D eigenvalue weighted by molar-refractivity contribution is 0.598. The van der Waals surface area contributed by atoms with E-state index in [1.54, 1.807) is 0 Å². The Morgan fingerprint density at radius 3 is 2.89 bits per heavy atom. The van der Waals surface area contributed by atoms with Gasteiger partial charge in [0, 0.05) is 11.4 Å². The summed E-state index contributed by atoms with van der Waals surface area (Å²) < 4.78 is 21.7. The molecule has 9 heteroatoms. The summed E-state index contributed by atoms with van der Waals surface area (Å²) in [6.07, 6.45) is 0. The molecule has 0 atom stereocenters. The van der Waals surface area contributed by atoms with Crippen LogP contribution in [0.25, 0.3) is 10.2 Å². The fraction of sp³-hybridized carbons (Fsp3) is 0.333. The summed E-state index contributed by atoms with van der Waals surface area (Å²) in [5.74, 6) is 0.358. The van der Waals surface area contributed by atoms with Crippen molar-refractivity contribution in [2.24, 2.45) is 5.14 Å². The molecule has 0 saturated carbocycles. The van der Waals surface area contributed by atoms with Gasteiger partial charge < -0.3 is 5.32 Å². The molecule has 98 valence electrons. The predicted octanol–water partition coefficient (Wildman–Crippen LogP) is 1.35. The van der Waals surface area contributed by atoms with Crippen LogP contribution < -0.4 is 10.5 Å². The quantitative estimate of drug-likeness (QED) is 0.831. The highest BCUT2D eigenvalue weighted by Gasteiger charge is 2.10. The van der Waals surface area contributed by atoms with Crippen LogP contribution in [0.4, 0.5) is 5.82 Å². The second-order valence-electron chi connectivity index (χ2n) is 3.71. The number of hydrogen-bond donors (Lipinski definition) is 2. The molecule has 2 rings (SSSR count). The summed E-state index contributed by atoms with van der Waals surface area (Å²) >= 11 is 7.30. The van der Waals surface area contributed by atoms with E-state index in [0.717, 1.165) is 15.1 Å². The number of thiophene rings is 1. The minimum Gasteiger partial charge on any atom is -0.368 e. The van der Waals surface area contributed by atoms with Crippen molar-refractivity contribution in [2.45, 2.75) is 6.92 Å². The van der Waals surface area contributed by atoms with Gasteiger partial charge in [0.1, 0.15) is 10.6 Å². The smallest absolute Gasteiger partial charge is 0.225 e. The van der Waals surface area contributed by atoms with E-state index >= 15 is 0 Å². The lowest BCUT2D eigenvalue weighted by Crippen LogP contribution is -2.22. The number of nitrogens with zero attached hydrogens (tertiary/aromatic N) is 2.